The number of hydrogen-bond acceptors (Lipinski definition) is 5. The maximum Gasteiger partial charge on any atom is 0.244 e. The molecule has 2 heterocycles. The summed E-state index contributed by atoms with van der Waals surface area (Å²) in [4.78, 5) is 16.0. The van der Waals surface area contributed by atoms with Crippen LogP contribution in [0.25, 0.3) is 17.4 Å². The van der Waals surface area contributed by atoms with Gasteiger partial charge in [0.25, 0.3) is 0 Å². The van der Waals surface area contributed by atoms with E-state index in [9.17, 15) is 4.79 Å². The van der Waals surface area contributed by atoms with Gasteiger partial charge in [-0.05, 0) is 42.3 Å². The molecule has 3 nitrogen and oxygen atoms in total. The summed E-state index contributed by atoms with van der Waals surface area (Å²) in [5, 5.41) is 0.566. The number of halogens is 1. The van der Waals surface area contributed by atoms with Gasteiger partial charge < -0.3 is 4.42 Å². The molecule has 1 aliphatic rings. The standard InChI is InChI=1S/C15H10ClNO2S2/c1-20-15-17-12(14(18)21-15)8-9-6-7-13(19-9)10-4-2-3-5-11(10)16/h2-8H,1H3/b12-8+. The Morgan fingerprint density at radius 2 is 2.10 bits per heavy atom. The molecule has 0 N–H and O–H groups in total. The van der Waals surface area contributed by atoms with Gasteiger partial charge in [0.05, 0.1) is 5.02 Å². The zero-order valence-corrected chi connectivity index (χ0v) is 13.4. The molecule has 1 aliphatic heterocycles. The number of rotatable bonds is 2. The number of carbonyl (C=O) groups is 1. The van der Waals surface area contributed by atoms with Crippen molar-refractivity contribution in [2.24, 2.45) is 4.99 Å². The van der Waals surface area contributed by atoms with Gasteiger partial charge in [-0.3, -0.25) is 4.79 Å². The van der Waals surface area contributed by atoms with Gasteiger partial charge >= 0.3 is 0 Å². The van der Waals surface area contributed by atoms with Crippen LogP contribution in [0.1, 0.15) is 5.76 Å². The Balaban J connectivity index is 1.91. The molecule has 1 aromatic heterocycles. The molecule has 3 rings (SSSR count). The summed E-state index contributed by atoms with van der Waals surface area (Å²) in [6.07, 6.45) is 3.54. The Morgan fingerprint density at radius 3 is 2.81 bits per heavy atom. The van der Waals surface area contributed by atoms with Crippen LogP contribution in [0.15, 0.2) is 51.5 Å². The lowest BCUT2D eigenvalue weighted by Gasteiger charge is -1.99. The normalized spacial score (nSPS) is 16.6. The van der Waals surface area contributed by atoms with E-state index in [2.05, 4.69) is 4.99 Å². The van der Waals surface area contributed by atoms with Crippen molar-refractivity contribution in [2.75, 3.05) is 6.26 Å². The van der Waals surface area contributed by atoms with Crippen LogP contribution < -0.4 is 0 Å². The zero-order chi connectivity index (χ0) is 14.8. The SMILES string of the molecule is CSC1=N/C(=C/c2ccc(-c3ccccc3Cl)o2)C(=O)S1. The Labute approximate surface area is 135 Å². The van der Waals surface area contributed by atoms with E-state index >= 15 is 0 Å². The maximum absolute atomic E-state index is 11.8. The number of benzene rings is 1. The molecule has 0 bridgehead atoms. The first-order chi connectivity index (χ1) is 10.2. The van der Waals surface area contributed by atoms with E-state index in [4.69, 9.17) is 16.0 Å². The summed E-state index contributed by atoms with van der Waals surface area (Å²) in [6.45, 7) is 0. The van der Waals surface area contributed by atoms with Gasteiger partial charge in [-0.2, -0.15) is 0 Å². The van der Waals surface area contributed by atoms with Crippen LogP contribution in [0.3, 0.4) is 0 Å². The van der Waals surface area contributed by atoms with Crippen molar-refractivity contribution in [3.8, 4) is 11.3 Å². The van der Waals surface area contributed by atoms with Crippen molar-refractivity contribution >= 4 is 50.7 Å². The van der Waals surface area contributed by atoms with Crippen molar-refractivity contribution in [2.45, 2.75) is 0 Å². The van der Waals surface area contributed by atoms with Crippen molar-refractivity contribution in [3.63, 3.8) is 0 Å². The lowest BCUT2D eigenvalue weighted by Crippen LogP contribution is -1.86. The van der Waals surface area contributed by atoms with Crippen molar-refractivity contribution in [3.05, 3.63) is 52.9 Å². The van der Waals surface area contributed by atoms with Gasteiger partial charge in [-0.1, -0.05) is 23.7 Å². The van der Waals surface area contributed by atoms with Crippen molar-refractivity contribution < 1.29 is 9.21 Å². The molecule has 0 unspecified atom stereocenters. The fraction of sp³-hybridized carbons (Fsp3) is 0.0667. The minimum atomic E-state index is -0.0601. The summed E-state index contributed by atoms with van der Waals surface area (Å²) in [6, 6.07) is 11.1. The van der Waals surface area contributed by atoms with Crippen LogP contribution in [0.4, 0.5) is 0 Å². The number of nitrogens with zero attached hydrogens (tertiary/aromatic N) is 1. The van der Waals surface area contributed by atoms with Gasteiger partial charge in [0.1, 0.15) is 21.6 Å². The molecule has 0 saturated carbocycles. The van der Waals surface area contributed by atoms with E-state index in [1.54, 1.807) is 12.1 Å². The summed E-state index contributed by atoms with van der Waals surface area (Å²) < 4.78 is 6.49. The second kappa shape index (κ2) is 6.13. The number of furan rings is 1. The number of thioether (sulfide) groups is 2. The molecule has 0 aliphatic carbocycles. The van der Waals surface area contributed by atoms with Crippen molar-refractivity contribution in [1.29, 1.82) is 0 Å². The van der Waals surface area contributed by atoms with Gasteiger partial charge in [0.15, 0.2) is 0 Å². The van der Waals surface area contributed by atoms with E-state index in [0.29, 0.717) is 22.2 Å². The lowest BCUT2D eigenvalue weighted by molar-refractivity contribution is -0.107. The third-order valence-electron chi connectivity index (χ3n) is 2.82. The van der Waals surface area contributed by atoms with E-state index in [-0.39, 0.29) is 5.12 Å². The fourth-order valence-electron chi connectivity index (χ4n) is 1.85. The van der Waals surface area contributed by atoms with Crippen LogP contribution in [-0.4, -0.2) is 15.7 Å². The van der Waals surface area contributed by atoms with Crippen LogP contribution >= 0.6 is 35.1 Å². The number of aliphatic imine (C=N–C) groups is 1. The highest BCUT2D eigenvalue weighted by Crippen LogP contribution is 2.32. The Morgan fingerprint density at radius 1 is 1.29 bits per heavy atom. The summed E-state index contributed by atoms with van der Waals surface area (Å²) in [5.41, 5.74) is 1.23. The van der Waals surface area contributed by atoms with Crippen molar-refractivity contribution in [1.82, 2.24) is 0 Å². The molecule has 0 spiro atoms. The third kappa shape index (κ3) is 3.10. The fourth-order valence-corrected chi connectivity index (χ4v) is 3.34. The Hall–Kier alpha value is -1.43. The second-order valence-corrected chi connectivity index (χ2v) is 6.60. The zero-order valence-electron chi connectivity index (χ0n) is 11.0. The molecule has 2 aromatic rings. The minimum absolute atomic E-state index is 0.0601. The molecule has 0 atom stereocenters. The quantitative estimate of drug-likeness (QED) is 0.729. The molecule has 6 heteroatoms. The Kier molecular flexibility index (Phi) is 4.24. The average molecular weight is 336 g/mol. The van der Waals surface area contributed by atoms with Gasteiger partial charge in [0.2, 0.25) is 5.12 Å². The largest absolute Gasteiger partial charge is 0.457 e. The molecule has 0 saturated heterocycles. The number of carbonyl (C=O) groups excluding carboxylic acids is 1. The molecular weight excluding hydrogens is 326 g/mol. The van der Waals surface area contributed by atoms with Gasteiger partial charge in [-0.15, -0.1) is 11.8 Å². The lowest BCUT2D eigenvalue weighted by atomic mass is 10.2. The smallest absolute Gasteiger partial charge is 0.244 e. The second-order valence-electron chi connectivity index (χ2n) is 4.18. The van der Waals surface area contributed by atoms with E-state index in [0.717, 1.165) is 21.7 Å². The minimum Gasteiger partial charge on any atom is -0.457 e. The first kappa shape index (κ1) is 14.5. The molecule has 106 valence electrons. The molecule has 0 amide bonds. The van der Waals surface area contributed by atoms with E-state index in [1.165, 1.54) is 11.8 Å². The summed E-state index contributed by atoms with van der Waals surface area (Å²) >= 11 is 8.74. The maximum atomic E-state index is 11.8. The molecule has 1 aromatic carbocycles. The predicted molar refractivity (Wildman–Crippen MR) is 90.7 cm³/mol. The van der Waals surface area contributed by atoms with Crippen LogP contribution in [0, 0.1) is 0 Å². The van der Waals surface area contributed by atoms with E-state index in [1.807, 2.05) is 36.6 Å². The molecule has 0 radical (unpaired) electrons. The Bertz CT molecular complexity index is 765. The van der Waals surface area contributed by atoms with Gasteiger partial charge in [0, 0.05) is 11.6 Å². The van der Waals surface area contributed by atoms with Gasteiger partial charge in [-0.25, -0.2) is 4.99 Å². The first-order valence-corrected chi connectivity index (χ1v) is 8.50. The highest BCUT2D eigenvalue weighted by Gasteiger charge is 2.21. The average Bonchev–Trinajstić information content (AvgIpc) is 3.07. The first-order valence-electron chi connectivity index (χ1n) is 6.08. The molecule has 21 heavy (non-hydrogen) atoms. The monoisotopic (exact) mass is 335 g/mol. The molecule has 0 fully saturated rings. The summed E-state index contributed by atoms with van der Waals surface area (Å²) in [7, 11) is 0. The molecular formula is C15H10ClNO2S2. The highest BCUT2D eigenvalue weighted by molar-refractivity contribution is 8.45. The van der Waals surface area contributed by atoms with Crippen LogP contribution in [0.5, 0.6) is 0 Å². The highest BCUT2D eigenvalue weighted by atomic mass is 35.5. The van der Waals surface area contributed by atoms with Crippen LogP contribution in [0.2, 0.25) is 5.02 Å². The third-order valence-corrected chi connectivity index (χ3v) is 5.00. The van der Waals surface area contributed by atoms with E-state index < -0.39 is 0 Å². The van der Waals surface area contributed by atoms with Crippen LogP contribution in [-0.2, 0) is 4.79 Å². The predicted octanol–water partition coefficient (Wildman–Crippen LogP) is 4.93. The number of hydrogen-bond donors (Lipinski definition) is 0. The topological polar surface area (TPSA) is 42.6 Å². The summed E-state index contributed by atoms with van der Waals surface area (Å²) in [5.74, 6) is 1.25.